The van der Waals surface area contributed by atoms with Gasteiger partial charge in [-0.05, 0) is 0 Å². The summed E-state index contributed by atoms with van der Waals surface area (Å²) in [6.45, 7) is 3.87. The van der Waals surface area contributed by atoms with Gasteiger partial charge in [0.2, 0.25) is 0 Å². The van der Waals surface area contributed by atoms with Gasteiger partial charge < -0.3 is 11.1 Å². The minimum atomic E-state index is -4.67. The van der Waals surface area contributed by atoms with Gasteiger partial charge in [-0.2, -0.15) is 8.42 Å². The molecule has 0 radical (unpaired) electrons. The van der Waals surface area contributed by atoms with Crippen LogP contribution in [0.25, 0.3) is 0 Å². The van der Waals surface area contributed by atoms with Gasteiger partial charge in [0.25, 0.3) is 10.5 Å². The Hall–Kier alpha value is -0.0617. The molecule has 0 aliphatic rings. The molecule has 0 atom stereocenters. The molecule has 0 aliphatic carbocycles. The topological polar surface area (TPSA) is 147 Å². The SMILES string of the molecule is C=CCNC(=O)S.NC(=O)S.O=S(=O)(O)O.[Mo]. The predicted octanol–water partition coefficient (Wildman–Crippen LogP) is 0.151. The maximum atomic E-state index is 9.91. The van der Waals surface area contributed by atoms with Gasteiger partial charge in [-0.15, -0.1) is 6.58 Å². The van der Waals surface area contributed by atoms with E-state index in [1.54, 1.807) is 6.08 Å². The summed E-state index contributed by atoms with van der Waals surface area (Å²) in [7, 11) is -4.67. The first-order valence-electron chi connectivity index (χ1n) is 3.26. The van der Waals surface area contributed by atoms with E-state index in [9.17, 15) is 4.79 Å². The van der Waals surface area contributed by atoms with Crippen LogP contribution in [0.1, 0.15) is 0 Å². The zero-order chi connectivity index (χ0) is 13.8. The second-order valence-electron chi connectivity index (χ2n) is 1.76. The predicted molar refractivity (Wildman–Crippen MR) is 65.3 cm³/mol. The maximum absolute atomic E-state index is 9.91. The molecule has 0 aromatic rings. The van der Waals surface area contributed by atoms with Crippen molar-refractivity contribution in [2.75, 3.05) is 6.54 Å². The third kappa shape index (κ3) is 200. The number of hydrogen-bond acceptors (Lipinski definition) is 4. The van der Waals surface area contributed by atoms with Crippen molar-refractivity contribution in [3.05, 3.63) is 12.7 Å². The van der Waals surface area contributed by atoms with Crippen molar-refractivity contribution in [3.63, 3.8) is 0 Å². The van der Waals surface area contributed by atoms with Crippen molar-refractivity contribution in [2.45, 2.75) is 0 Å². The Balaban J connectivity index is -0.0000000757. The third-order valence-corrected chi connectivity index (χ3v) is 0.556. The van der Waals surface area contributed by atoms with Gasteiger partial charge in [0, 0.05) is 27.6 Å². The summed E-state index contributed by atoms with van der Waals surface area (Å²) in [5, 5.41) is 1.44. The number of nitrogens with one attached hydrogen (secondary N) is 1. The smallest absolute Gasteiger partial charge is 0.361 e. The second-order valence-corrected chi connectivity index (χ2v) is 3.50. The first kappa shape index (κ1) is 25.7. The Morgan fingerprint density at radius 2 is 1.59 bits per heavy atom. The van der Waals surface area contributed by atoms with Crippen LogP contribution in [0.15, 0.2) is 12.7 Å². The van der Waals surface area contributed by atoms with Crippen LogP contribution in [-0.4, -0.2) is 34.5 Å². The molecule has 0 heterocycles. The van der Waals surface area contributed by atoms with E-state index in [0.29, 0.717) is 6.54 Å². The molecule has 0 fully saturated rings. The van der Waals surface area contributed by atoms with E-state index in [4.69, 9.17) is 22.3 Å². The fourth-order valence-corrected chi connectivity index (χ4v) is 0.251. The number of primary amides is 1. The molecule has 0 saturated heterocycles. The minimum Gasteiger partial charge on any atom is -0.361 e. The molecule has 0 aromatic heterocycles. The van der Waals surface area contributed by atoms with Gasteiger partial charge in [-0.3, -0.25) is 18.7 Å². The number of carbonyl (C=O) groups excluding carboxylic acids is 2. The molecule has 0 aliphatic heterocycles. The molecule has 8 nitrogen and oxygen atoms in total. The van der Waals surface area contributed by atoms with E-state index in [-0.39, 0.29) is 26.3 Å². The maximum Gasteiger partial charge on any atom is 0.394 e. The van der Waals surface area contributed by atoms with Crippen LogP contribution in [0.3, 0.4) is 0 Å². The first-order valence-corrected chi connectivity index (χ1v) is 5.55. The van der Waals surface area contributed by atoms with Gasteiger partial charge in [-0.25, -0.2) is 0 Å². The van der Waals surface area contributed by atoms with E-state index >= 15 is 0 Å². The summed E-state index contributed by atoms with van der Waals surface area (Å²) >= 11 is 6.54. The van der Waals surface area contributed by atoms with Crippen molar-refractivity contribution in [1.29, 1.82) is 0 Å². The van der Waals surface area contributed by atoms with E-state index < -0.39 is 15.6 Å². The number of thiol groups is 2. The minimum absolute atomic E-state index is 0. The Morgan fingerprint density at radius 3 is 1.65 bits per heavy atom. The summed E-state index contributed by atoms with van der Waals surface area (Å²) in [6.07, 6.45) is 1.59. The summed E-state index contributed by atoms with van der Waals surface area (Å²) in [5.41, 5.74) is 4.34. The Bertz CT molecular complexity index is 308. The molecule has 0 spiro atoms. The number of carbonyl (C=O) groups is 2. The molecular weight excluding hydrogens is 376 g/mol. The standard InChI is InChI=1S/C4H7NOS.CH3NOS.Mo.H2O4S/c1-2-3-5-4(6)7;2-1(3)4;;1-5(2,3)4/h2H,1,3H2,(H2,5,6,7);(H3,2,3,4);;(H2,1,2,3,4). The molecule has 12 heteroatoms. The molecular formula is C5H12MoN2O6S3. The Morgan fingerprint density at radius 1 is 1.35 bits per heavy atom. The average molecular weight is 388 g/mol. The van der Waals surface area contributed by atoms with Crippen LogP contribution >= 0.6 is 25.3 Å². The fraction of sp³-hybridized carbons (Fsp3) is 0.200. The number of amides is 2. The molecule has 2 amide bonds. The third-order valence-electron chi connectivity index (χ3n) is 0.398. The van der Waals surface area contributed by atoms with E-state index in [1.807, 2.05) is 0 Å². The molecule has 0 aromatic carbocycles. The Kier molecular flexibility index (Phi) is 24.1. The van der Waals surface area contributed by atoms with Gasteiger partial charge in [0.05, 0.1) is 0 Å². The number of nitrogens with two attached hydrogens (primary N) is 1. The second kappa shape index (κ2) is 15.9. The van der Waals surface area contributed by atoms with Crippen LogP contribution in [0.4, 0.5) is 9.59 Å². The van der Waals surface area contributed by atoms with Gasteiger partial charge in [0.1, 0.15) is 0 Å². The summed E-state index contributed by atoms with van der Waals surface area (Å²) in [5.74, 6) is 0. The van der Waals surface area contributed by atoms with Gasteiger partial charge >= 0.3 is 10.4 Å². The summed E-state index contributed by atoms with van der Waals surface area (Å²) < 4.78 is 31.6. The summed E-state index contributed by atoms with van der Waals surface area (Å²) in [6, 6.07) is 0. The van der Waals surface area contributed by atoms with Crippen LogP contribution in [-0.2, 0) is 31.5 Å². The van der Waals surface area contributed by atoms with Crippen molar-refractivity contribution in [3.8, 4) is 0 Å². The van der Waals surface area contributed by atoms with Crippen molar-refractivity contribution in [1.82, 2.24) is 5.32 Å². The molecule has 0 unspecified atom stereocenters. The quantitative estimate of drug-likeness (QED) is 0.172. The molecule has 0 saturated carbocycles. The number of rotatable bonds is 2. The van der Waals surface area contributed by atoms with Crippen LogP contribution in [0.2, 0.25) is 0 Å². The Labute approximate surface area is 124 Å². The zero-order valence-electron chi connectivity index (χ0n) is 8.31. The van der Waals surface area contributed by atoms with Crippen molar-refractivity contribution in [2.24, 2.45) is 5.73 Å². The average Bonchev–Trinajstić information content (AvgIpc) is 1.96. The normalized spacial score (nSPS) is 8.00. The monoisotopic (exact) mass is 390 g/mol. The molecule has 0 rings (SSSR count). The fourth-order valence-electron chi connectivity index (χ4n) is 0.159. The summed E-state index contributed by atoms with van der Waals surface area (Å²) in [4.78, 5) is 19.0. The van der Waals surface area contributed by atoms with E-state index in [0.717, 1.165) is 0 Å². The molecule has 17 heavy (non-hydrogen) atoms. The first-order chi connectivity index (χ1) is 7.00. The molecule has 0 bridgehead atoms. The van der Waals surface area contributed by atoms with Crippen molar-refractivity contribution < 1.29 is 48.2 Å². The van der Waals surface area contributed by atoms with Gasteiger partial charge in [-0.1, -0.05) is 31.3 Å². The van der Waals surface area contributed by atoms with Gasteiger partial charge in [0.15, 0.2) is 0 Å². The molecule has 102 valence electrons. The van der Waals surface area contributed by atoms with Crippen LogP contribution < -0.4 is 11.1 Å². The van der Waals surface area contributed by atoms with Crippen LogP contribution in [0.5, 0.6) is 0 Å². The zero-order valence-corrected chi connectivity index (χ0v) is 12.9. The van der Waals surface area contributed by atoms with E-state index in [2.05, 4.69) is 42.9 Å². The van der Waals surface area contributed by atoms with E-state index in [1.165, 1.54) is 0 Å². The molecule has 5 N–H and O–H groups in total. The van der Waals surface area contributed by atoms with Crippen LogP contribution in [0, 0.1) is 0 Å². The number of hydrogen-bond donors (Lipinski definition) is 6. The van der Waals surface area contributed by atoms with Crippen molar-refractivity contribution >= 4 is 46.1 Å². The largest absolute Gasteiger partial charge is 0.394 e.